The van der Waals surface area contributed by atoms with Crippen LogP contribution >= 0.6 is 0 Å². The first-order chi connectivity index (χ1) is 12.9. The van der Waals surface area contributed by atoms with Gasteiger partial charge in [0.25, 0.3) is 0 Å². The Balaban J connectivity index is 2.03. The molecule has 0 spiro atoms. The number of sulfone groups is 1. The van der Waals surface area contributed by atoms with Gasteiger partial charge in [-0.3, -0.25) is 0 Å². The molecule has 4 aromatic heterocycles. The molecule has 0 aliphatic carbocycles. The normalized spacial score (nSPS) is 12.0. The highest BCUT2D eigenvalue weighted by Gasteiger charge is 2.24. The first-order valence-corrected chi connectivity index (χ1v) is 9.94. The van der Waals surface area contributed by atoms with Gasteiger partial charge in [-0.2, -0.15) is 5.10 Å². The fraction of sp³-hybridized carbons (Fsp3) is 0.235. The van der Waals surface area contributed by atoms with Crippen molar-refractivity contribution < 1.29 is 8.42 Å². The van der Waals surface area contributed by atoms with Crippen LogP contribution in [0.25, 0.3) is 28.5 Å². The van der Waals surface area contributed by atoms with E-state index in [-0.39, 0.29) is 16.3 Å². The fourth-order valence-electron chi connectivity index (χ4n) is 2.85. The maximum Gasteiger partial charge on any atom is 0.180 e. The minimum Gasteiger partial charge on any atom is -0.310 e. The van der Waals surface area contributed by atoms with Gasteiger partial charge in [-0.1, -0.05) is 6.92 Å². The Morgan fingerprint density at radius 2 is 2.00 bits per heavy atom. The van der Waals surface area contributed by atoms with Crippen LogP contribution in [0.5, 0.6) is 0 Å². The summed E-state index contributed by atoms with van der Waals surface area (Å²) in [4.78, 5) is 17.6. The molecule has 0 amide bonds. The van der Waals surface area contributed by atoms with Crippen LogP contribution in [0.1, 0.15) is 12.5 Å². The largest absolute Gasteiger partial charge is 0.310 e. The number of nitrogens with zero attached hydrogens (tertiary/aromatic N) is 7. The second-order valence-corrected chi connectivity index (χ2v) is 8.36. The van der Waals surface area contributed by atoms with E-state index in [0.717, 1.165) is 5.56 Å². The third-order valence-electron chi connectivity index (χ3n) is 4.27. The molecule has 10 heteroatoms. The van der Waals surface area contributed by atoms with Crippen molar-refractivity contribution in [2.45, 2.75) is 18.7 Å². The summed E-state index contributed by atoms with van der Waals surface area (Å²) in [6.07, 6.45) is 4.64. The summed E-state index contributed by atoms with van der Waals surface area (Å²) in [5, 5.41) is 4.06. The predicted octanol–water partition coefficient (Wildman–Crippen LogP) is 1.71. The smallest absolute Gasteiger partial charge is 0.180 e. The van der Waals surface area contributed by atoms with Gasteiger partial charge in [0.15, 0.2) is 27.1 Å². The van der Waals surface area contributed by atoms with Crippen LogP contribution in [0.3, 0.4) is 0 Å². The molecule has 0 atom stereocenters. The third-order valence-corrected chi connectivity index (χ3v) is 6.03. The monoisotopic (exact) mass is 383 g/mol. The molecule has 0 saturated heterocycles. The molecule has 0 aliphatic heterocycles. The van der Waals surface area contributed by atoms with Gasteiger partial charge in [-0.25, -0.2) is 33.0 Å². The van der Waals surface area contributed by atoms with E-state index >= 15 is 0 Å². The van der Waals surface area contributed by atoms with Crippen molar-refractivity contribution in [2.24, 2.45) is 7.05 Å². The molecule has 4 heterocycles. The lowest BCUT2D eigenvalue weighted by molar-refractivity contribution is 0.597. The van der Waals surface area contributed by atoms with Gasteiger partial charge >= 0.3 is 0 Å². The fourth-order valence-corrected chi connectivity index (χ4v) is 3.86. The van der Waals surface area contributed by atoms with Crippen LogP contribution in [0.4, 0.5) is 0 Å². The second-order valence-electron chi connectivity index (χ2n) is 6.11. The predicted molar refractivity (Wildman–Crippen MR) is 99.1 cm³/mol. The SMILES string of the molecule is CCS(=O)(=O)c1ccc(-n2cncn2)nc1-c1nc2cc(C)cnc2n1C. The number of hydrogen-bond donors (Lipinski definition) is 0. The van der Waals surface area contributed by atoms with Crippen molar-refractivity contribution in [1.29, 1.82) is 0 Å². The topological polar surface area (TPSA) is 108 Å². The number of imidazole rings is 1. The summed E-state index contributed by atoms with van der Waals surface area (Å²) in [6, 6.07) is 5.04. The molecule has 138 valence electrons. The van der Waals surface area contributed by atoms with E-state index < -0.39 is 9.84 Å². The summed E-state index contributed by atoms with van der Waals surface area (Å²) in [5.74, 6) is 0.844. The lowest BCUT2D eigenvalue weighted by Crippen LogP contribution is -2.10. The number of fused-ring (bicyclic) bond motifs is 1. The Hall–Kier alpha value is -3.14. The Morgan fingerprint density at radius 1 is 1.19 bits per heavy atom. The van der Waals surface area contributed by atoms with Gasteiger partial charge in [0, 0.05) is 13.2 Å². The highest BCUT2D eigenvalue weighted by atomic mass is 32.2. The molecule has 0 aromatic carbocycles. The first-order valence-electron chi connectivity index (χ1n) is 8.29. The average Bonchev–Trinajstić information content (AvgIpc) is 3.29. The quantitative estimate of drug-likeness (QED) is 0.528. The summed E-state index contributed by atoms with van der Waals surface area (Å²) in [6.45, 7) is 3.53. The van der Waals surface area contributed by atoms with Crippen LogP contribution in [0, 0.1) is 6.92 Å². The van der Waals surface area contributed by atoms with E-state index in [1.807, 2.05) is 13.0 Å². The molecular formula is C17H17N7O2S. The van der Waals surface area contributed by atoms with Gasteiger partial charge < -0.3 is 4.57 Å². The van der Waals surface area contributed by atoms with Crippen molar-refractivity contribution in [1.82, 2.24) is 34.3 Å². The number of aromatic nitrogens is 7. The van der Waals surface area contributed by atoms with E-state index in [9.17, 15) is 8.42 Å². The van der Waals surface area contributed by atoms with Gasteiger partial charge in [-0.05, 0) is 30.7 Å². The Kier molecular flexibility index (Phi) is 3.99. The van der Waals surface area contributed by atoms with Crippen molar-refractivity contribution in [3.8, 4) is 17.3 Å². The second kappa shape index (κ2) is 6.23. The number of pyridine rings is 2. The maximum atomic E-state index is 12.6. The lowest BCUT2D eigenvalue weighted by atomic mass is 10.3. The highest BCUT2D eigenvalue weighted by molar-refractivity contribution is 7.91. The van der Waals surface area contributed by atoms with Crippen LogP contribution in [0.2, 0.25) is 0 Å². The highest BCUT2D eigenvalue weighted by Crippen LogP contribution is 2.29. The summed E-state index contributed by atoms with van der Waals surface area (Å²) >= 11 is 0. The molecule has 0 unspecified atom stereocenters. The minimum absolute atomic E-state index is 0.0361. The summed E-state index contributed by atoms with van der Waals surface area (Å²) in [5.41, 5.74) is 2.57. The van der Waals surface area contributed by atoms with Crippen molar-refractivity contribution >= 4 is 21.0 Å². The van der Waals surface area contributed by atoms with Crippen LogP contribution < -0.4 is 0 Å². The molecule has 0 radical (unpaired) electrons. The van der Waals surface area contributed by atoms with Crippen LogP contribution in [-0.4, -0.2) is 48.5 Å². The van der Waals surface area contributed by atoms with Gasteiger partial charge in [-0.15, -0.1) is 0 Å². The number of aryl methyl sites for hydroxylation is 2. The van der Waals surface area contributed by atoms with E-state index in [1.165, 1.54) is 23.4 Å². The van der Waals surface area contributed by atoms with E-state index in [0.29, 0.717) is 22.8 Å². The first kappa shape index (κ1) is 17.3. The van der Waals surface area contributed by atoms with Gasteiger partial charge in [0.05, 0.1) is 10.6 Å². The Labute approximate surface area is 155 Å². The number of rotatable bonds is 4. The summed E-state index contributed by atoms with van der Waals surface area (Å²) < 4.78 is 28.5. The molecule has 0 bridgehead atoms. The molecule has 27 heavy (non-hydrogen) atoms. The van der Waals surface area contributed by atoms with Gasteiger partial charge in [0.2, 0.25) is 0 Å². The Morgan fingerprint density at radius 3 is 2.70 bits per heavy atom. The standard InChI is InChI=1S/C17H17N7O2S/c1-4-27(25,26)13-5-6-14(24-10-18-9-20-24)22-15(13)17-21-12-7-11(2)8-19-16(12)23(17)3/h5-10H,4H2,1-3H3. The molecule has 4 rings (SSSR count). The zero-order valence-electron chi connectivity index (χ0n) is 15.0. The van der Waals surface area contributed by atoms with Crippen molar-refractivity contribution in [3.05, 3.63) is 42.6 Å². The maximum absolute atomic E-state index is 12.6. The minimum atomic E-state index is -3.51. The molecule has 9 nitrogen and oxygen atoms in total. The van der Waals surface area contributed by atoms with Crippen LogP contribution in [0.15, 0.2) is 41.9 Å². The third kappa shape index (κ3) is 2.87. The van der Waals surface area contributed by atoms with Crippen molar-refractivity contribution in [2.75, 3.05) is 5.75 Å². The van der Waals surface area contributed by atoms with E-state index in [4.69, 9.17) is 0 Å². The molecule has 0 aliphatic rings. The Bertz CT molecular complexity index is 1240. The average molecular weight is 383 g/mol. The molecule has 0 N–H and O–H groups in total. The van der Waals surface area contributed by atoms with Crippen molar-refractivity contribution in [3.63, 3.8) is 0 Å². The van der Waals surface area contributed by atoms with E-state index in [1.54, 1.807) is 30.8 Å². The molecular weight excluding hydrogens is 366 g/mol. The zero-order chi connectivity index (χ0) is 19.2. The summed E-state index contributed by atoms with van der Waals surface area (Å²) in [7, 11) is -1.72. The number of hydrogen-bond acceptors (Lipinski definition) is 7. The molecule has 0 saturated carbocycles. The zero-order valence-corrected chi connectivity index (χ0v) is 15.8. The lowest BCUT2D eigenvalue weighted by Gasteiger charge is -2.10. The van der Waals surface area contributed by atoms with Crippen LogP contribution in [-0.2, 0) is 16.9 Å². The van der Waals surface area contributed by atoms with Gasteiger partial charge in [0.1, 0.15) is 23.9 Å². The van der Waals surface area contributed by atoms with E-state index in [2.05, 4.69) is 25.0 Å². The molecule has 4 aromatic rings. The molecule has 0 fully saturated rings.